The third-order valence-corrected chi connectivity index (χ3v) is 3.21. The lowest BCUT2D eigenvalue weighted by atomic mass is 10.2. The van der Waals surface area contributed by atoms with Crippen LogP contribution in [0.4, 0.5) is 8.78 Å². The maximum atomic E-state index is 13.9. The third-order valence-electron chi connectivity index (χ3n) is 3.21. The summed E-state index contributed by atoms with van der Waals surface area (Å²) in [6, 6.07) is 5.23. The van der Waals surface area contributed by atoms with Crippen LogP contribution in [0.1, 0.15) is 12.7 Å². The molecule has 0 radical (unpaired) electrons. The Morgan fingerprint density at radius 2 is 1.95 bits per heavy atom. The zero-order valence-corrected chi connectivity index (χ0v) is 11.2. The Labute approximate surface area is 118 Å². The SMILES string of the molecule is CCc1nc2c(F)ccc(F)c2c(=O)n1-c1cccnc1. The van der Waals surface area contributed by atoms with E-state index in [1.165, 1.54) is 10.8 Å². The zero-order chi connectivity index (χ0) is 15.0. The Balaban J connectivity index is 2.48. The highest BCUT2D eigenvalue weighted by molar-refractivity contribution is 5.79. The molecule has 2 heterocycles. The van der Waals surface area contributed by atoms with Crippen molar-refractivity contribution in [3.05, 3.63) is 64.5 Å². The molecule has 3 rings (SSSR count). The van der Waals surface area contributed by atoms with Gasteiger partial charge in [0.15, 0.2) is 0 Å². The number of hydrogen-bond acceptors (Lipinski definition) is 3. The van der Waals surface area contributed by atoms with Crippen LogP contribution < -0.4 is 5.56 Å². The number of hydrogen-bond donors (Lipinski definition) is 0. The van der Waals surface area contributed by atoms with Crippen molar-refractivity contribution in [3.8, 4) is 5.69 Å². The van der Waals surface area contributed by atoms with Crippen LogP contribution >= 0.6 is 0 Å². The third kappa shape index (κ3) is 2.08. The van der Waals surface area contributed by atoms with Crippen LogP contribution in [-0.2, 0) is 6.42 Å². The fraction of sp³-hybridized carbons (Fsp3) is 0.133. The molecule has 0 unspecified atom stereocenters. The number of halogens is 2. The van der Waals surface area contributed by atoms with Crippen molar-refractivity contribution in [2.24, 2.45) is 0 Å². The maximum absolute atomic E-state index is 13.9. The van der Waals surface area contributed by atoms with Crippen LogP contribution in [0.3, 0.4) is 0 Å². The van der Waals surface area contributed by atoms with E-state index in [0.717, 1.165) is 12.1 Å². The molecule has 0 bridgehead atoms. The van der Waals surface area contributed by atoms with Gasteiger partial charge in [0.2, 0.25) is 0 Å². The number of rotatable bonds is 2. The second-order valence-corrected chi connectivity index (χ2v) is 4.49. The lowest BCUT2D eigenvalue weighted by molar-refractivity contribution is 0.611. The largest absolute Gasteiger partial charge is 0.269 e. The molecule has 0 atom stereocenters. The Morgan fingerprint density at radius 1 is 1.19 bits per heavy atom. The summed E-state index contributed by atoms with van der Waals surface area (Å²) >= 11 is 0. The molecule has 4 nitrogen and oxygen atoms in total. The first-order chi connectivity index (χ1) is 10.1. The number of benzene rings is 1. The smallest absolute Gasteiger partial charge is 0.268 e. The topological polar surface area (TPSA) is 47.8 Å². The number of aromatic nitrogens is 3. The lowest BCUT2D eigenvalue weighted by Crippen LogP contribution is -2.25. The van der Waals surface area contributed by atoms with Crippen molar-refractivity contribution in [1.82, 2.24) is 14.5 Å². The minimum atomic E-state index is -0.788. The average Bonchev–Trinajstić information content (AvgIpc) is 2.51. The zero-order valence-electron chi connectivity index (χ0n) is 11.2. The molecule has 21 heavy (non-hydrogen) atoms. The summed E-state index contributed by atoms with van der Waals surface area (Å²) in [5.74, 6) is -1.15. The highest BCUT2D eigenvalue weighted by Crippen LogP contribution is 2.18. The Morgan fingerprint density at radius 3 is 2.62 bits per heavy atom. The van der Waals surface area contributed by atoms with Gasteiger partial charge >= 0.3 is 0 Å². The fourth-order valence-electron chi connectivity index (χ4n) is 2.25. The quantitative estimate of drug-likeness (QED) is 0.728. The van der Waals surface area contributed by atoms with Crippen molar-refractivity contribution in [2.75, 3.05) is 0 Å². The number of nitrogens with zero attached hydrogens (tertiary/aromatic N) is 3. The van der Waals surface area contributed by atoms with Crippen LogP contribution in [0.15, 0.2) is 41.5 Å². The molecular weight excluding hydrogens is 276 g/mol. The number of pyridine rings is 1. The standard InChI is InChI=1S/C15H11F2N3O/c1-2-12-19-14-11(17)6-5-10(16)13(14)15(21)20(12)9-4-3-7-18-8-9/h3-8H,2H2,1H3. The van der Waals surface area contributed by atoms with Crippen molar-refractivity contribution < 1.29 is 8.78 Å². The number of aryl methyl sites for hydroxylation is 1. The molecule has 106 valence electrons. The molecule has 0 aliphatic heterocycles. The molecule has 0 aliphatic carbocycles. The van der Waals surface area contributed by atoms with E-state index >= 15 is 0 Å². The number of fused-ring (bicyclic) bond motifs is 1. The molecular formula is C15H11F2N3O. The van der Waals surface area contributed by atoms with Gasteiger partial charge in [-0.1, -0.05) is 6.92 Å². The van der Waals surface area contributed by atoms with Gasteiger partial charge in [0, 0.05) is 12.6 Å². The molecule has 1 aromatic carbocycles. The van der Waals surface area contributed by atoms with Crippen molar-refractivity contribution in [2.45, 2.75) is 13.3 Å². The van der Waals surface area contributed by atoms with Crippen LogP contribution in [0.25, 0.3) is 16.6 Å². The summed E-state index contributed by atoms with van der Waals surface area (Å²) in [7, 11) is 0. The van der Waals surface area contributed by atoms with Crippen LogP contribution in [-0.4, -0.2) is 14.5 Å². The molecule has 0 amide bonds. The summed E-state index contributed by atoms with van der Waals surface area (Å²) < 4.78 is 29.0. The van der Waals surface area contributed by atoms with Crippen molar-refractivity contribution in [3.63, 3.8) is 0 Å². The molecule has 2 aromatic heterocycles. The van der Waals surface area contributed by atoms with Crippen LogP contribution in [0.5, 0.6) is 0 Å². The second-order valence-electron chi connectivity index (χ2n) is 4.49. The van der Waals surface area contributed by atoms with Crippen LogP contribution in [0, 0.1) is 11.6 Å². The average molecular weight is 287 g/mol. The molecule has 3 aromatic rings. The summed E-state index contributed by atoms with van der Waals surface area (Å²) in [5, 5.41) is -0.351. The molecule has 6 heteroatoms. The van der Waals surface area contributed by atoms with Gasteiger partial charge in [0.25, 0.3) is 5.56 Å². The van der Waals surface area contributed by atoms with E-state index in [9.17, 15) is 13.6 Å². The van der Waals surface area contributed by atoms with Crippen molar-refractivity contribution >= 4 is 10.9 Å². The Kier molecular flexibility index (Phi) is 3.21. The fourth-order valence-corrected chi connectivity index (χ4v) is 2.25. The van der Waals surface area contributed by atoms with Gasteiger partial charge in [0.05, 0.1) is 11.9 Å². The van der Waals surface area contributed by atoms with E-state index in [1.807, 2.05) is 0 Å². The predicted molar refractivity (Wildman–Crippen MR) is 74.4 cm³/mol. The molecule has 0 spiro atoms. The highest BCUT2D eigenvalue weighted by Gasteiger charge is 2.17. The first-order valence-corrected chi connectivity index (χ1v) is 6.43. The summed E-state index contributed by atoms with van der Waals surface area (Å²) in [4.78, 5) is 20.6. The van der Waals surface area contributed by atoms with Gasteiger partial charge in [-0.05, 0) is 24.3 Å². The lowest BCUT2D eigenvalue weighted by Gasteiger charge is -2.12. The van der Waals surface area contributed by atoms with Gasteiger partial charge in [-0.25, -0.2) is 13.8 Å². The molecule has 0 saturated heterocycles. The van der Waals surface area contributed by atoms with E-state index in [2.05, 4.69) is 9.97 Å². The Hall–Kier alpha value is -2.63. The summed E-state index contributed by atoms with van der Waals surface area (Å²) in [6.45, 7) is 1.79. The second kappa shape index (κ2) is 5.05. The van der Waals surface area contributed by atoms with Crippen molar-refractivity contribution in [1.29, 1.82) is 0 Å². The minimum absolute atomic E-state index is 0.239. The van der Waals surface area contributed by atoms with Gasteiger partial charge in [-0.2, -0.15) is 0 Å². The molecule has 0 fully saturated rings. The molecule has 0 saturated carbocycles. The minimum Gasteiger partial charge on any atom is -0.268 e. The van der Waals surface area contributed by atoms with Gasteiger partial charge < -0.3 is 0 Å². The first kappa shape index (κ1) is 13.4. The first-order valence-electron chi connectivity index (χ1n) is 6.43. The molecule has 0 aliphatic rings. The summed E-state index contributed by atoms with van der Waals surface area (Å²) in [6.07, 6.45) is 3.44. The van der Waals surface area contributed by atoms with E-state index in [0.29, 0.717) is 17.9 Å². The van der Waals surface area contributed by atoms with Crippen LogP contribution in [0.2, 0.25) is 0 Å². The maximum Gasteiger partial charge on any atom is 0.269 e. The predicted octanol–water partition coefficient (Wildman–Crippen LogP) is 2.62. The highest BCUT2D eigenvalue weighted by atomic mass is 19.1. The van der Waals surface area contributed by atoms with Gasteiger partial charge in [0.1, 0.15) is 28.4 Å². The summed E-state index contributed by atoms with van der Waals surface area (Å²) in [5.41, 5.74) is -0.406. The van der Waals surface area contributed by atoms with E-state index in [4.69, 9.17) is 0 Å². The van der Waals surface area contributed by atoms with Gasteiger partial charge in [-0.3, -0.25) is 14.3 Å². The van der Waals surface area contributed by atoms with E-state index in [1.54, 1.807) is 25.3 Å². The van der Waals surface area contributed by atoms with Gasteiger partial charge in [-0.15, -0.1) is 0 Å². The normalized spacial score (nSPS) is 11.0. The monoisotopic (exact) mass is 287 g/mol. The van der Waals surface area contributed by atoms with E-state index < -0.39 is 17.2 Å². The molecule has 0 N–H and O–H groups in total. The van der Waals surface area contributed by atoms with E-state index in [-0.39, 0.29) is 10.9 Å². The Bertz CT molecular complexity index is 875.